The summed E-state index contributed by atoms with van der Waals surface area (Å²) in [6, 6.07) is 2.32. The number of rotatable bonds is 5. The van der Waals surface area contributed by atoms with E-state index in [1.807, 2.05) is 0 Å². The number of aryl methyl sites for hydroxylation is 2. The minimum atomic E-state index is 0.496. The van der Waals surface area contributed by atoms with Crippen LogP contribution in [-0.4, -0.2) is 23.4 Å². The second kappa shape index (κ2) is 4.93. The Bertz CT molecular complexity index is 451. The van der Waals surface area contributed by atoms with Gasteiger partial charge < -0.3 is 5.32 Å². The lowest BCUT2D eigenvalue weighted by molar-refractivity contribution is 0.157. The topological polar surface area (TPSA) is 29.9 Å². The molecule has 3 nitrogen and oxygen atoms in total. The molecule has 1 aromatic heterocycles. The lowest BCUT2D eigenvalue weighted by atomic mass is 9.70. The summed E-state index contributed by atoms with van der Waals surface area (Å²) in [4.78, 5) is 0. The predicted molar refractivity (Wildman–Crippen MR) is 78.1 cm³/mol. The van der Waals surface area contributed by atoms with Gasteiger partial charge >= 0.3 is 0 Å². The predicted octanol–water partition coefficient (Wildman–Crippen LogP) is 2.55. The van der Waals surface area contributed by atoms with Crippen molar-refractivity contribution >= 4 is 0 Å². The zero-order valence-electron chi connectivity index (χ0n) is 12.6. The zero-order chi connectivity index (χ0) is 13.5. The molecule has 3 atom stereocenters. The monoisotopic (exact) mass is 261 g/mol. The Morgan fingerprint density at radius 1 is 1.47 bits per heavy atom. The molecule has 1 N–H and O–H groups in total. The van der Waals surface area contributed by atoms with Crippen LogP contribution < -0.4 is 5.32 Å². The molecule has 2 aliphatic rings. The van der Waals surface area contributed by atoms with Gasteiger partial charge in [-0.15, -0.1) is 0 Å². The molecule has 19 heavy (non-hydrogen) atoms. The smallest absolute Gasteiger partial charge is 0.0624 e. The Morgan fingerprint density at radius 2 is 2.32 bits per heavy atom. The molecule has 3 rings (SSSR count). The van der Waals surface area contributed by atoms with Gasteiger partial charge in [0, 0.05) is 19.3 Å². The summed E-state index contributed by atoms with van der Waals surface area (Å²) >= 11 is 0. The minimum Gasteiger partial charge on any atom is -0.319 e. The van der Waals surface area contributed by atoms with Crippen molar-refractivity contribution in [3.05, 3.63) is 17.5 Å². The molecule has 0 aromatic carbocycles. The highest BCUT2D eigenvalue weighted by Gasteiger charge is 2.50. The van der Waals surface area contributed by atoms with Crippen LogP contribution in [0.3, 0.4) is 0 Å². The SMILES string of the molecule is CCc1cc(CC2(CNC)CC3CCC2C3)n(C)n1. The van der Waals surface area contributed by atoms with Crippen LogP contribution in [0.1, 0.15) is 44.0 Å². The number of hydrogen-bond donors (Lipinski definition) is 1. The van der Waals surface area contributed by atoms with Crippen LogP contribution >= 0.6 is 0 Å². The zero-order valence-corrected chi connectivity index (χ0v) is 12.6. The van der Waals surface area contributed by atoms with Gasteiger partial charge in [-0.2, -0.15) is 5.10 Å². The molecule has 2 saturated carbocycles. The maximum absolute atomic E-state index is 4.62. The summed E-state index contributed by atoms with van der Waals surface area (Å²) in [6.45, 7) is 3.35. The van der Waals surface area contributed by atoms with Gasteiger partial charge in [0.05, 0.1) is 5.69 Å². The minimum absolute atomic E-state index is 0.496. The first-order valence-corrected chi connectivity index (χ1v) is 7.83. The van der Waals surface area contributed by atoms with Crippen LogP contribution in [0.5, 0.6) is 0 Å². The summed E-state index contributed by atoms with van der Waals surface area (Å²) < 4.78 is 2.11. The lowest BCUT2D eigenvalue weighted by Crippen LogP contribution is -2.39. The van der Waals surface area contributed by atoms with Crippen LogP contribution in [0.2, 0.25) is 0 Å². The third kappa shape index (κ3) is 2.22. The Kier molecular flexibility index (Phi) is 3.42. The van der Waals surface area contributed by atoms with E-state index < -0.39 is 0 Å². The average molecular weight is 261 g/mol. The van der Waals surface area contributed by atoms with Crippen molar-refractivity contribution in [3.63, 3.8) is 0 Å². The Hall–Kier alpha value is -0.830. The molecule has 1 aromatic rings. The fourth-order valence-corrected chi connectivity index (χ4v) is 4.68. The van der Waals surface area contributed by atoms with Crippen LogP contribution in [-0.2, 0) is 19.9 Å². The van der Waals surface area contributed by atoms with Gasteiger partial charge in [-0.25, -0.2) is 0 Å². The van der Waals surface area contributed by atoms with E-state index in [4.69, 9.17) is 0 Å². The molecule has 0 amide bonds. The van der Waals surface area contributed by atoms with E-state index in [9.17, 15) is 0 Å². The highest BCUT2D eigenvalue weighted by atomic mass is 15.3. The van der Waals surface area contributed by atoms with E-state index in [1.165, 1.54) is 50.0 Å². The Morgan fingerprint density at radius 3 is 2.84 bits per heavy atom. The van der Waals surface area contributed by atoms with Crippen molar-refractivity contribution in [3.8, 4) is 0 Å². The molecule has 3 unspecified atom stereocenters. The molecule has 2 aliphatic carbocycles. The molecule has 0 radical (unpaired) electrons. The van der Waals surface area contributed by atoms with Gasteiger partial charge in [-0.3, -0.25) is 4.68 Å². The molecular formula is C16H27N3. The van der Waals surface area contributed by atoms with Crippen molar-refractivity contribution in [2.24, 2.45) is 24.3 Å². The highest BCUT2D eigenvalue weighted by Crippen LogP contribution is 2.57. The molecule has 1 heterocycles. The van der Waals surface area contributed by atoms with Crippen molar-refractivity contribution in [2.45, 2.75) is 45.4 Å². The van der Waals surface area contributed by atoms with Gasteiger partial charge in [-0.05, 0) is 62.5 Å². The molecule has 2 bridgehead atoms. The van der Waals surface area contributed by atoms with Crippen molar-refractivity contribution in [1.29, 1.82) is 0 Å². The van der Waals surface area contributed by atoms with Gasteiger partial charge in [0.2, 0.25) is 0 Å². The van der Waals surface area contributed by atoms with Crippen molar-refractivity contribution < 1.29 is 0 Å². The Balaban J connectivity index is 1.83. The number of fused-ring (bicyclic) bond motifs is 2. The second-order valence-corrected chi connectivity index (χ2v) is 6.75. The fraction of sp³-hybridized carbons (Fsp3) is 0.812. The third-order valence-corrected chi connectivity index (χ3v) is 5.55. The highest BCUT2D eigenvalue weighted by molar-refractivity contribution is 5.15. The van der Waals surface area contributed by atoms with E-state index in [-0.39, 0.29) is 0 Å². The quantitative estimate of drug-likeness (QED) is 0.883. The Labute approximate surface area is 116 Å². The van der Waals surface area contributed by atoms with E-state index >= 15 is 0 Å². The standard InChI is InChI=1S/C16H27N3/c1-4-14-8-15(19(3)18-14)10-16(11-17-2)9-12-5-6-13(16)7-12/h8,12-13,17H,4-7,9-11H2,1-3H3. The summed E-state index contributed by atoms with van der Waals surface area (Å²) in [7, 11) is 4.21. The van der Waals surface area contributed by atoms with E-state index in [0.29, 0.717) is 5.41 Å². The maximum atomic E-state index is 4.62. The molecule has 106 valence electrons. The molecular weight excluding hydrogens is 234 g/mol. The van der Waals surface area contributed by atoms with E-state index in [2.05, 4.69) is 42.2 Å². The number of nitrogens with one attached hydrogen (secondary N) is 1. The van der Waals surface area contributed by atoms with E-state index in [0.717, 1.165) is 18.3 Å². The first-order valence-electron chi connectivity index (χ1n) is 7.83. The number of nitrogens with zero attached hydrogens (tertiary/aromatic N) is 2. The van der Waals surface area contributed by atoms with Crippen LogP contribution in [0.15, 0.2) is 6.07 Å². The third-order valence-electron chi connectivity index (χ3n) is 5.55. The van der Waals surface area contributed by atoms with Gasteiger partial charge in [-0.1, -0.05) is 13.3 Å². The van der Waals surface area contributed by atoms with Crippen molar-refractivity contribution in [1.82, 2.24) is 15.1 Å². The maximum Gasteiger partial charge on any atom is 0.0624 e. The lowest BCUT2D eigenvalue weighted by Gasteiger charge is -2.38. The van der Waals surface area contributed by atoms with Crippen LogP contribution in [0, 0.1) is 17.3 Å². The molecule has 0 spiro atoms. The summed E-state index contributed by atoms with van der Waals surface area (Å²) in [5.41, 5.74) is 3.16. The normalized spacial score (nSPS) is 33.2. The summed E-state index contributed by atoms with van der Waals surface area (Å²) in [6.07, 6.45) is 8.06. The molecule has 0 saturated heterocycles. The molecule has 2 fully saturated rings. The van der Waals surface area contributed by atoms with Gasteiger partial charge in [0.1, 0.15) is 0 Å². The molecule has 0 aliphatic heterocycles. The first-order chi connectivity index (χ1) is 9.16. The molecule has 3 heteroatoms. The van der Waals surface area contributed by atoms with E-state index in [1.54, 1.807) is 0 Å². The fourth-order valence-electron chi connectivity index (χ4n) is 4.68. The van der Waals surface area contributed by atoms with Crippen molar-refractivity contribution in [2.75, 3.05) is 13.6 Å². The number of aromatic nitrogens is 2. The number of hydrogen-bond acceptors (Lipinski definition) is 2. The van der Waals surface area contributed by atoms with Gasteiger partial charge in [0.25, 0.3) is 0 Å². The van der Waals surface area contributed by atoms with Gasteiger partial charge in [0.15, 0.2) is 0 Å². The first kappa shape index (κ1) is 13.2. The van der Waals surface area contributed by atoms with Crippen LogP contribution in [0.4, 0.5) is 0 Å². The second-order valence-electron chi connectivity index (χ2n) is 6.75. The van der Waals surface area contributed by atoms with Crippen LogP contribution in [0.25, 0.3) is 0 Å². The largest absolute Gasteiger partial charge is 0.319 e. The summed E-state index contributed by atoms with van der Waals surface area (Å²) in [5, 5.41) is 8.09. The summed E-state index contributed by atoms with van der Waals surface area (Å²) in [5.74, 6) is 1.93. The average Bonchev–Trinajstić information content (AvgIpc) is 3.05.